The number of carboxylic acids is 1. The Hall–Kier alpha value is -6.02. The number of Topliss-reactive ketones (excluding diaryl/α,β-unsaturated/α-hetero) is 2. The summed E-state index contributed by atoms with van der Waals surface area (Å²) in [7, 11) is 0. The Morgan fingerprint density at radius 1 is 0.517 bits per heavy atom. The van der Waals surface area contributed by atoms with Gasteiger partial charge in [-0.05, 0) is 67.1 Å². The van der Waals surface area contributed by atoms with Crippen molar-refractivity contribution in [1.29, 1.82) is 0 Å². The van der Waals surface area contributed by atoms with Crippen LogP contribution in [-0.2, 0) is 22.3 Å². The van der Waals surface area contributed by atoms with Gasteiger partial charge in [0.05, 0.1) is 24.3 Å². The van der Waals surface area contributed by atoms with Crippen molar-refractivity contribution >= 4 is 35.3 Å². The standard InChI is InChI=1S/C47H48O13/c48-29-60-39-18-16-35(28-38(39)45(55)59-26-20-31-9-13-33(14-10-31)42(51)47(57)23-5-2-6-24-47)40(49)34-15-17-36(43(52)53)37(27-34)44(54)58-25-19-30-7-11-32(12-8-30)41(50)46(56)21-3-1-4-22-46/h7-18,27-28,48,56-57H,1-6,19-26,29H2,(H,52,53). The van der Waals surface area contributed by atoms with E-state index in [1.807, 2.05) is 0 Å². The maximum absolute atomic E-state index is 13.7. The van der Waals surface area contributed by atoms with Crippen molar-refractivity contribution in [2.75, 3.05) is 20.0 Å². The Morgan fingerprint density at radius 3 is 1.38 bits per heavy atom. The van der Waals surface area contributed by atoms with Crippen LogP contribution in [0.15, 0.2) is 84.9 Å². The molecular weight excluding hydrogens is 773 g/mol. The van der Waals surface area contributed by atoms with E-state index < -0.39 is 47.2 Å². The molecule has 6 rings (SSSR count). The molecule has 2 aliphatic carbocycles. The number of ether oxygens (including phenoxy) is 3. The van der Waals surface area contributed by atoms with Crippen LogP contribution in [0, 0.1) is 0 Å². The zero-order valence-electron chi connectivity index (χ0n) is 33.2. The molecule has 0 amide bonds. The molecule has 0 bridgehead atoms. The molecular formula is C47H48O13. The number of benzene rings is 4. The number of aromatic carboxylic acids is 1. The second-order valence-corrected chi connectivity index (χ2v) is 15.4. The minimum atomic E-state index is -1.42. The summed E-state index contributed by atoms with van der Waals surface area (Å²) in [5.41, 5.74) is -1.43. The maximum atomic E-state index is 13.7. The first-order valence-electron chi connectivity index (χ1n) is 20.2. The van der Waals surface area contributed by atoms with E-state index in [1.165, 1.54) is 24.3 Å². The van der Waals surface area contributed by atoms with Crippen molar-refractivity contribution in [2.24, 2.45) is 0 Å². The number of aliphatic hydroxyl groups is 3. The van der Waals surface area contributed by atoms with E-state index in [9.17, 15) is 49.2 Å². The first-order chi connectivity index (χ1) is 28.8. The van der Waals surface area contributed by atoms with Gasteiger partial charge in [-0.1, -0.05) is 93.1 Å². The van der Waals surface area contributed by atoms with E-state index in [1.54, 1.807) is 48.5 Å². The van der Waals surface area contributed by atoms with E-state index in [-0.39, 0.29) is 65.6 Å². The molecule has 4 aromatic rings. The molecule has 2 fully saturated rings. The molecule has 0 aromatic heterocycles. The van der Waals surface area contributed by atoms with Gasteiger partial charge in [0.1, 0.15) is 22.5 Å². The molecule has 2 aliphatic rings. The minimum absolute atomic E-state index is 0.0213. The maximum Gasteiger partial charge on any atom is 0.341 e. The van der Waals surface area contributed by atoms with E-state index in [4.69, 9.17) is 14.2 Å². The van der Waals surface area contributed by atoms with Crippen LogP contribution in [0.25, 0.3) is 0 Å². The van der Waals surface area contributed by atoms with Crippen molar-refractivity contribution in [2.45, 2.75) is 88.3 Å². The minimum Gasteiger partial charge on any atom is -0.478 e. The summed E-state index contributed by atoms with van der Waals surface area (Å²) in [5, 5.41) is 40.9. The highest BCUT2D eigenvalue weighted by Crippen LogP contribution is 2.33. The predicted octanol–water partition coefficient (Wildman–Crippen LogP) is 6.50. The quantitative estimate of drug-likeness (QED) is 0.0510. The number of carbonyl (C=O) groups excluding carboxylic acids is 5. The van der Waals surface area contributed by atoms with Crippen LogP contribution in [0.1, 0.15) is 143 Å². The molecule has 60 heavy (non-hydrogen) atoms. The lowest BCUT2D eigenvalue weighted by Gasteiger charge is -2.30. The van der Waals surface area contributed by atoms with Gasteiger partial charge in [-0.2, -0.15) is 0 Å². The van der Waals surface area contributed by atoms with Gasteiger partial charge >= 0.3 is 17.9 Å². The Labute approximate surface area is 346 Å². The smallest absolute Gasteiger partial charge is 0.341 e. The summed E-state index contributed by atoms with van der Waals surface area (Å²) in [5.74, 6) is -4.59. The highest BCUT2D eigenvalue weighted by molar-refractivity contribution is 6.12. The molecule has 0 saturated heterocycles. The van der Waals surface area contributed by atoms with Crippen LogP contribution in [0.3, 0.4) is 0 Å². The Bertz CT molecular complexity index is 2230. The monoisotopic (exact) mass is 820 g/mol. The summed E-state index contributed by atoms with van der Waals surface area (Å²) in [6.45, 7) is -0.990. The highest BCUT2D eigenvalue weighted by atomic mass is 16.6. The molecule has 0 unspecified atom stereocenters. The SMILES string of the molecule is O=C(c1ccc(OCO)c(C(=O)OCCc2ccc(C(=O)C3(O)CCCCC3)cc2)c1)c1ccc(C(=O)O)c(C(=O)OCCc2ccc(C(=O)C3(O)CCCCC3)cc2)c1. The lowest BCUT2D eigenvalue weighted by molar-refractivity contribution is 0.0116. The lowest BCUT2D eigenvalue weighted by Crippen LogP contribution is -2.40. The Balaban J connectivity index is 1.08. The fourth-order valence-corrected chi connectivity index (χ4v) is 7.82. The zero-order chi connectivity index (χ0) is 42.9. The average molecular weight is 821 g/mol. The summed E-state index contributed by atoms with van der Waals surface area (Å²) in [4.78, 5) is 78.1. The molecule has 0 radical (unpaired) electrons. The predicted molar refractivity (Wildman–Crippen MR) is 217 cm³/mol. The summed E-state index contributed by atoms with van der Waals surface area (Å²) in [6, 6.07) is 20.7. The van der Waals surface area contributed by atoms with Gasteiger partial charge in [0.25, 0.3) is 0 Å². The fourth-order valence-electron chi connectivity index (χ4n) is 7.82. The molecule has 13 nitrogen and oxygen atoms in total. The summed E-state index contributed by atoms with van der Waals surface area (Å²) < 4.78 is 16.1. The van der Waals surface area contributed by atoms with Gasteiger partial charge < -0.3 is 34.6 Å². The van der Waals surface area contributed by atoms with Crippen molar-refractivity contribution < 1.29 is 63.4 Å². The van der Waals surface area contributed by atoms with Crippen molar-refractivity contribution in [3.8, 4) is 5.75 Å². The van der Waals surface area contributed by atoms with E-state index in [0.717, 1.165) is 61.8 Å². The van der Waals surface area contributed by atoms with Gasteiger partial charge in [-0.15, -0.1) is 0 Å². The fraction of sp³-hybridized carbons (Fsp3) is 0.362. The Morgan fingerprint density at radius 2 is 0.933 bits per heavy atom. The number of rotatable bonds is 17. The second kappa shape index (κ2) is 19.4. The van der Waals surface area contributed by atoms with Gasteiger partial charge in [0, 0.05) is 35.1 Å². The van der Waals surface area contributed by atoms with Crippen LogP contribution < -0.4 is 4.74 Å². The third kappa shape index (κ3) is 10.2. The topological polar surface area (TPSA) is 211 Å². The zero-order valence-corrected chi connectivity index (χ0v) is 33.2. The molecule has 0 atom stereocenters. The summed E-state index contributed by atoms with van der Waals surface area (Å²) >= 11 is 0. The third-order valence-corrected chi connectivity index (χ3v) is 11.3. The molecule has 4 aromatic carbocycles. The van der Waals surface area contributed by atoms with Crippen molar-refractivity contribution in [3.05, 3.63) is 135 Å². The van der Waals surface area contributed by atoms with Crippen LogP contribution in [-0.4, -0.2) is 86.9 Å². The van der Waals surface area contributed by atoms with Gasteiger partial charge in [0.15, 0.2) is 24.1 Å². The summed E-state index contributed by atoms with van der Waals surface area (Å²) in [6.07, 6.45) is 7.38. The second-order valence-electron chi connectivity index (χ2n) is 15.4. The van der Waals surface area contributed by atoms with Crippen LogP contribution in [0.4, 0.5) is 0 Å². The first kappa shape index (κ1) is 43.6. The molecule has 0 heterocycles. The molecule has 2 saturated carbocycles. The van der Waals surface area contributed by atoms with Crippen LogP contribution in [0.2, 0.25) is 0 Å². The number of ketones is 3. The third-order valence-electron chi connectivity index (χ3n) is 11.3. The normalized spacial score (nSPS) is 15.7. The van der Waals surface area contributed by atoms with Gasteiger partial charge in [-0.3, -0.25) is 14.4 Å². The van der Waals surface area contributed by atoms with Crippen molar-refractivity contribution in [1.82, 2.24) is 0 Å². The number of aliphatic hydroxyl groups excluding tert-OH is 1. The molecule has 4 N–H and O–H groups in total. The van der Waals surface area contributed by atoms with Gasteiger partial charge in [-0.25, -0.2) is 14.4 Å². The number of carbonyl (C=O) groups is 6. The Kier molecular flexibility index (Phi) is 14.1. The van der Waals surface area contributed by atoms with Crippen LogP contribution >= 0.6 is 0 Å². The number of carboxylic acid groups (broad SMARTS) is 1. The number of hydrogen-bond donors (Lipinski definition) is 4. The number of esters is 2. The van der Waals surface area contributed by atoms with Crippen molar-refractivity contribution in [3.63, 3.8) is 0 Å². The first-order valence-corrected chi connectivity index (χ1v) is 20.2. The molecule has 13 heteroatoms. The van der Waals surface area contributed by atoms with E-state index in [2.05, 4.69) is 0 Å². The highest BCUT2D eigenvalue weighted by Gasteiger charge is 2.38. The van der Waals surface area contributed by atoms with E-state index >= 15 is 0 Å². The van der Waals surface area contributed by atoms with E-state index in [0.29, 0.717) is 36.8 Å². The molecule has 0 spiro atoms. The lowest BCUT2D eigenvalue weighted by atomic mass is 9.79. The van der Waals surface area contributed by atoms with Gasteiger partial charge in [0.2, 0.25) is 0 Å². The van der Waals surface area contributed by atoms with Crippen LogP contribution in [0.5, 0.6) is 5.75 Å². The number of hydrogen-bond acceptors (Lipinski definition) is 12. The molecule has 314 valence electrons. The average Bonchev–Trinajstić information content (AvgIpc) is 3.26. The molecule has 0 aliphatic heterocycles. The largest absolute Gasteiger partial charge is 0.478 e.